The third-order valence-corrected chi connectivity index (χ3v) is 1.44. The van der Waals surface area contributed by atoms with Gasteiger partial charge in [0.1, 0.15) is 5.60 Å². The van der Waals surface area contributed by atoms with Crippen LogP contribution >= 0.6 is 0 Å². The number of aliphatic hydroxyl groups excluding tert-OH is 3. The van der Waals surface area contributed by atoms with Crippen LogP contribution in [0.1, 0.15) is 13.3 Å². The summed E-state index contributed by atoms with van der Waals surface area (Å²) >= 11 is 0. The highest BCUT2D eigenvalue weighted by molar-refractivity contribution is 4.80. The van der Waals surface area contributed by atoms with Gasteiger partial charge in [0.15, 0.2) is 0 Å². The monoisotopic (exact) mass is 150 g/mol. The Labute approximate surface area is 59.7 Å². The van der Waals surface area contributed by atoms with E-state index in [0.29, 0.717) is 0 Å². The lowest BCUT2D eigenvalue weighted by molar-refractivity contribution is -0.0982. The summed E-state index contributed by atoms with van der Waals surface area (Å²) in [6.07, 6.45) is -0.990. The van der Waals surface area contributed by atoms with Gasteiger partial charge in [0, 0.05) is 6.61 Å². The molecule has 62 valence electrons. The second-order valence-electron chi connectivity index (χ2n) is 2.54. The summed E-state index contributed by atoms with van der Waals surface area (Å²) in [7, 11) is 0. The molecule has 0 radical (unpaired) electrons. The molecule has 0 aliphatic rings. The zero-order valence-corrected chi connectivity index (χ0v) is 5.99. The minimum atomic E-state index is -1.50. The second kappa shape index (κ2) is 3.88. The third kappa shape index (κ3) is 2.62. The summed E-state index contributed by atoms with van der Waals surface area (Å²) in [6.45, 7) is 0.610. The highest BCUT2D eigenvalue weighted by Crippen LogP contribution is 2.10. The zero-order chi connectivity index (χ0) is 8.20. The Morgan fingerprint density at radius 1 is 1.40 bits per heavy atom. The summed E-state index contributed by atoms with van der Waals surface area (Å²) < 4.78 is 0. The molecule has 0 saturated carbocycles. The first-order chi connectivity index (χ1) is 4.54. The topological polar surface area (TPSA) is 80.9 Å². The lowest BCUT2D eigenvalue weighted by Crippen LogP contribution is -2.43. The quantitative estimate of drug-likeness (QED) is 0.392. The van der Waals surface area contributed by atoms with Crippen LogP contribution in [0.15, 0.2) is 0 Å². The molecule has 0 aromatic rings. The van der Waals surface area contributed by atoms with Gasteiger partial charge in [-0.25, -0.2) is 0 Å². The molecule has 4 N–H and O–H groups in total. The van der Waals surface area contributed by atoms with Crippen molar-refractivity contribution in [2.45, 2.75) is 25.0 Å². The maximum absolute atomic E-state index is 9.11. The molecule has 0 rings (SSSR count). The molecule has 0 amide bonds. The van der Waals surface area contributed by atoms with E-state index in [9.17, 15) is 0 Å². The van der Waals surface area contributed by atoms with Gasteiger partial charge in [0.25, 0.3) is 0 Å². The predicted molar refractivity (Wildman–Crippen MR) is 35.4 cm³/mol. The molecule has 0 aliphatic heterocycles. The summed E-state index contributed by atoms with van der Waals surface area (Å²) in [6, 6.07) is 0. The average Bonchev–Trinajstić information content (AvgIpc) is 1.89. The molecule has 2 atom stereocenters. The van der Waals surface area contributed by atoms with Gasteiger partial charge in [0.2, 0.25) is 0 Å². The minimum absolute atomic E-state index is 0.0769. The third-order valence-electron chi connectivity index (χ3n) is 1.44. The molecule has 0 aromatic heterocycles. The molecular weight excluding hydrogens is 136 g/mol. The van der Waals surface area contributed by atoms with Gasteiger partial charge in [-0.05, 0) is 13.3 Å². The first kappa shape index (κ1) is 9.84. The Morgan fingerprint density at radius 3 is 2.20 bits per heavy atom. The smallest absolute Gasteiger partial charge is 0.111 e. The highest BCUT2D eigenvalue weighted by Gasteiger charge is 2.28. The minimum Gasteiger partial charge on any atom is -0.396 e. The number of hydrogen-bond acceptors (Lipinski definition) is 4. The summed E-state index contributed by atoms with van der Waals surface area (Å²) in [5.74, 6) is 0. The first-order valence-corrected chi connectivity index (χ1v) is 3.16. The lowest BCUT2D eigenvalue weighted by Gasteiger charge is -2.25. The second-order valence-corrected chi connectivity index (χ2v) is 2.54. The van der Waals surface area contributed by atoms with Crippen molar-refractivity contribution in [1.29, 1.82) is 0 Å². The number of aliphatic hydroxyl groups is 4. The van der Waals surface area contributed by atoms with Crippen LogP contribution in [0.3, 0.4) is 0 Å². The fraction of sp³-hybridized carbons (Fsp3) is 1.00. The van der Waals surface area contributed by atoms with Crippen molar-refractivity contribution in [2.75, 3.05) is 13.2 Å². The van der Waals surface area contributed by atoms with E-state index >= 15 is 0 Å². The van der Waals surface area contributed by atoms with Gasteiger partial charge < -0.3 is 20.4 Å². The van der Waals surface area contributed by atoms with Gasteiger partial charge in [0.05, 0.1) is 12.7 Å². The summed E-state index contributed by atoms with van der Waals surface area (Å²) in [4.78, 5) is 0. The lowest BCUT2D eigenvalue weighted by atomic mass is 9.98. The highest BCUT2D eigenvalue weighted by atomic mass is 16.4. The van der Waals surface area contributed by atoms with Crippen molar-refractivity contribution >= 4 is 0 Å². The Bertz CT molecular complexity index is 91.7. The summed E-state index contributed by atoms with van der Waals surface area (Å²) in [5, 5.41) is 35.0. The van der Waals surface area contributed by atoms with Crippen LogP contribution in [0.5, 0.6) is 0 Å². The average molecular weight is 150 g/mol. The van der Waals surface area contributed by atoms with Crippen LogP contribution in [0.4, 0.5) is 0 Å². The normalized spacial score (nSPS) is 20.1. The molecule has 0 aromatic carbocycles. The standard InChI is InChI=1S/C6H14O4/c1-6(10,4-8)5(9)2-3-7/h5,7-10H,2-4H2,1H3. The Morgan fingerprint density at radius 2 is 1.90 bits per heavy atom. The van der Waals surface area contributed by atoms with Crippen LogP contribution in [0.2, 0.25) is 0 Å². The first-order valence-electron chi connectivity index (χ1n) is 3.16. The molecule has 2 unspecified atom stereocenters. The fourth-order valence-corrected chi connectivity index (χ4v) is 0.539. The van der Waals surface area contributed by atoms with Crippen LogP contribution < -0.4 is 0 Å². The SMILES string of the molecule is CC(O)(CO)C(O)CCO. The Kier molecular flexibility index (Phi) is 3.81. The van der Waals surface area contributed by atoms with Crippen molar-refractivity contribution in [1.82, 2.24) is 0 Å². The van der Waals surface area contributed by atoms with Crippen LogP contribution in [0, 0.1) is 0 Å². The largest absolute Gasteiger partial charge is 0.396 e. The predicted octanol–water partition coefficient (Wildman–Crippen LogP) is -1.53. The molecule has 0 aliphatic carbocycles. The molecule has 0 fully saturated rings. The van der Waals surface area contributed by atoms with E-state index in [1.54, 1.807) is 0 Å². The van der Waals surface area contributed by atoms with Gasteiger partial charge in [-0.3, -0.25) is 0 Å². The van der Waals surface area contributed by atoms with Crippen molar-refractivity contribution in [2.24, 2.45) is 0 Å². The van der Waals surface area contributed by atoms with E-state index in [2.05, 4.69) is 0 Å². The van der Waals surface area contributed by atoms with Gasteiger partial charge in [-0.2, -0.15) is 0 Å². The van der Waals surface area contributed by atoms with Crippen molar-refractivity contribution in [3.8, 4) is 0 Å². The number of hydrogen-bond donors (Lipinski definition) is 4. The van der Waals surface area contributed by atoms with Gasteiger partial charge in [-0.15, -0.1) is 0 Å². The van der Waals surface area contributed by atoms with E-state index in [0.717, 1.165) is 0 Å². The molecule has 10 heavy (non-hydrogen) atoms. The van der Waals surface area contributed by atoms with Crippen molar-refractivity contribution in [3.63, 3.8) is 0 Å². The van der Waals surface area contributed by atoms with Crippen molar-refractivity contribution in [3.05, 3.63) is 0 Å². The molecular formula is C6H14O4. The molecule has 0 saturated heterocycles. The Balaban J connectivity index is 3.78. The number of rotatable bonds is 4. The van der Waals surface area contributed by atoms with Crippen LogP contribution in [-0.2, 0) is 0 Å². The van der Waals surface area contributed by atoms with E-state index in [1.807, 2.05) is 0 Å². The zero-order valence-electron chi connectivity index (χ0n) is 5.99. The van der Waals surface area contributed by atoms with Crippen molar-refractivity contribution < 1.29 is 20.4 Å². The molecule has 4 heteroatoms. The summed E-state index contributed by atoms with van der Waals surface area (Å²) in [5.41, 5.74) is -1.50. The van der Waals surface area contributed by atoms with Crippen LogP contribution in [-0.4, -0.2) is 45.3 Å². The van der Waals surface area contributed by atoms with E-state index in [4.69, 9.17) is 20.4 Å². The molecule has 0 heterocycles. The fourth-order valence-electron chi connectivity index (χ4n) is 0.539. The van der Waals surface area contributed by atoms with Gasteiger partial charge >= 0.3 is 0 Å². The van der Waals surface area contributed by atoms with Crippen LogP contribution in [0.25, 0.3) is 0 Å². The van der Waals surface area contributed by atoms with E-state index in [1.165, 1.54) is 6.92 Å². The Hall–Kier alpha value is -0.160. The van der Waals surface area contributed by atoms with E-state index in [-0.39, 0.29) is 13.0 Å². The van der Waals surface area contributed by atoms with Gasteiger partial charge in [-0.1, -0.05) is 0 Å². The molecule has 0 bridgehead atoms. The molecule has 0 spiro atoms. The maximum atomic E-state index is 9.11. The molecule has 4 nitrogen and oxygen atoms in total. The maximum Gasteiger partial charge on any atom is 0.111 e. The van der Waals surface area contributed by atoms with E-state index < -0.39 is 18.3 Å².